The van der Waals surface area contributed by atoms with E-state index in [1.54, 1.807) is 0 Å². The van der Waals surface area contributed by atoms with Gasteiger partial charge in [0.2, 0.25) is 0 Å². The first-order valence-corrected chi connectivity index (χ1v) is 25.7. The van der Waals surface area contributed by atoms with Crippen molar-refractivity contribution in [1.29, 1.82) is 0 Å². The van der Waals surface area contributed by atoms with Crippen LogP contribution in [0.5, 0.6) is 23.0 Å². The number of benzene rings is 5. The highest BCUT2D eigenvalue weighted by Crippen LogP contribution is 2.53. The third-order valence-corrected chi connectivity index (χ3v) is 15.7. The molecule has 0 bridgehead atoms. The summed E-state index contributed by atoms with van der Waals surface area (Å²) < 4.78 is 13.8. The van der Waals surface area contributed by atoms with Gasteiger partial charge in [0.15, 0.2) is 0 Å². The van der Waals surface area contributed by atoms with Gasteiger partial charge in [-0.15, -0.1) is 0 Å². The lowest BCUT2D eigenvalue weighted by atomic mass is 9.67. The fourth-order valence-corrected chi connectivity index (χ4v) is 12.1. The van der Waals surface area contributed by atoms with Gasteiger partial charge in [-0.1, -0.05) is 89.6 Å². The van der Waals surface area contributed by atoms with Gasteiger partial charge in [0, 0.05) is 39.3 Å². The second-order valence-electron chi connectivity index (χ2n) is 21.3. The normalized spacial score (nSPS) is 18.8. The van der Waals surface area contributed by atoms with Gasteiger partial charge in [0.25, 0.3) is 0 Å². The maximum atomic E-state index is 12.5. The van der Waals surface area contributed by atoms with Crippen molar-refractivity contribution in [2.24, 2.45) is 23.2 Å². The third kappa shape index (κ3) is 9.11. The van der Waals surface area contributed by atoms with Crippen LogP contribution < -0.4 is 9.47 Å². The van der Waals surface area contributed by atoms with Gasteiger partial charge in [-0.25, -0.2) is 0 Å². The molecule has 3 unspecified atom stereocenters. The van der Waals surface area contributed by atoms with E-state index in [-0.39, 0.29) is 11.3 Å². The molecule has 0 aromatic heterocycles. The smallest absolute Gasteiger partial charge is 0.131 e. The molecule has 66 heavy (non-hydrogen) atoms. The largest absolute Gasteiger partial charge is 0.507 e. The number of fused-ring (bicyclic) bond motifs is 3. The molecule has 5 aromatic rings. The summed E-state index contributed by atoms with van der Waals surface area (Å²) in [5, 5.41) is 24.9. The molecule has 346 valence electrons. The number of aromatic hydroxyl groups is 2. The fourth-order valence-electron chi connectivity index (χ4n) is 12.1. The zero-order valence-electron chi connectivity index (χ0n) is 41.0. The Morgan fingerprint density at radius 2 is 1.09 bits per heavy atom. The van der Waals surface area contributed by atoms with Gasteiger partial charge in [0.1, 0.15) is 23.0 Å². The van der Waals surface area contributed by atoms with Crippen LogP contribution in [0.25, 0.3) is 39.0 Å². The standard InChI is InChI=1S/C62H74O4/c1-8-20-46-41(9-2)35-42-21-10-13-24-47(42)58(46)54-33-39(3)31-52(60(54)63)50-27-16-18-29-56(50)65-37-45(62(5,6)7)38-66-57-30-19-17-28-51(57)53-32-40(4)34-55(61(53)64)59-48-25-14-11-22-43(48)36-44-23-12-15-26-49(44)59/h16-19,27-36,41,45-46,63-64H,8-15,20-26,37-38H2,1-7H3. The van der Waals surface area contributed by atoms with Crippen LogP contribution in [0.2, 0.25) is 0 Å². The Hall–Kier alpha value is -5.22. The van der Waals surface area contributed by atoms with Crippen molar-refractivity contribution in [2.45, 2.75) is 145 Å². The van der Waals surface area contributed by atoms with E-state index < -0.39 is 0 Å². The lowest BCUT2D eigenvalue weighted by Crippen LogP contribution is -2.32. The molecular formula is C62H74O4. The highest BCUT2D eigenvalue weighted by atomic mass is 16.5. The van der Waals surface area contributed by atoms with Crippen molar-refractivity contribution < 1.29 is 19.7 Å². The zero-order chi connectivity index (χ0) is 46.1. The number of phenols is 2. The first kappa shape index (κ1) is 45.9. The van der Waals surface area contributed by atoms with Crippen molar-refractivity contribution >= 4 is 5.57 Å². The number of ether oxygens (including phenoxy) is 2. The van der Waals surface area contributed by atoms with Crippen molar-refractivity contribution in [3.63, 3.8) is 0 Å². The van der Waals surface area contributed by atoms with E-state index in [0.717, 1.165) is 114 Å². The summed E-state index contributed by atoms with van der Waals surface area (Å²) in [6, 6.07) is 27.6. The lowest BCUT2D eigenvalue weighted by Gasteiger charge is -2.37. The zero-order valence-corrected chi connectivity index (χ0v) is 41.0. The lowest BCUT2D eigenvalue weighted by molar-refractivity contribution is 0.0926. The Morgan fingerprint density at radius 3 is 1.65 bits per heavy atom. The second kappa shape index (κ2) is 19.6. The molecule has 0 spiro atoms. The molecular weight excluding hydrogens is 809 g/mol. The minimum Gasteiger partial charge on any atom is -0.507 e. The van der Waals surface area contributed by atoms with Crippen molar-refractivity contribution in [3.05, 3.63) is 135 Å². The summed E-state index contributed by atoms with van der Waals surface area (Å²) in [7, 11) is 0. The molecule has 0 saturated heterocycles. The van der Waals surface area contributed by atoms with Crippen LogP contribution in [0.15, 0.2) is 96.1 Å². The number of hydrogen-bond acceptors (Lipinski definition) is 4. The quantitative estimate of drug-likeness (QED) is 0.124. The number of rotatable bonds is 13. The maximum Gasteiger partial charge on any atom is 0.131 e. The summed E-state index contributed by atoms with van der Waals surface area (Å²) in [6.45, 7) is 16.6. The van der Waals surface area contributed by atoms with Crippen LogP contribution in [-0.4, -0.2) is 23.4 Å². The Bertz CT molecular complexity index is 2620. The number of phenolic OH excluding ortho intramolecular Hbond substituents is 2. The molecule has 4 aliphatic rings. The maximum absolute atomic E-state index is 12.5. The van der Waals surface area contributed by atoms with Gasteiger partial charge in [0.05, 0.1) is 13.2 Å². The Labute approximate surface area is 396 Å². The van der Waals surface area contributed by atoms with Gasteiger partial charge in [-0.2, -0.15) is 0 Å². The molecule has 4 aliphatic carbocycles. The molecule has 0 radical (unpaired) electrons. The first-order valence-electron chi connectivity index (χ1n) is 25.7. The predicted octanol–water partition coefficient (Wildman–Crippen LogP) is 16.3. The average molecular weight is 883 g/mol. The second-order valence-corrected chi connectivity index (χ2v) is 21.3. The fraction of sp³-hybridized carbons (Fsp3) is 0.452. The summed E-state index contributed by atoms with van der Waals surface area (Å²) >= 11 is 0. The van der Waals surface area contributed by atoms with E-state index in [2.05, 4.69) is 103 Å². The Balaban J connectivity index is 1.01. The van der Waals surface area contributed by atoms with Crippen LogP contribution in [-0.2, 0) is 25.7 Å². The van der Waals surface area contributed by atoms with Crippen molar-refractivity contribution in [2.75, 3.05) is 13.2 Å². The summed E-state index contributed by atoms with van der Waals surface area (Å²) in [4.78, 5) is 0. The Morgan fingerprint density at radius 1 is 0.591 bits per heavy atom. The number of para-hydroxylation sites is 2. The van der Waals surface area contributed by atoms with Gasteiger partial charge in [-0.3, -0.25) is 0 Å². The average Bonchev–Trinajstić information content (AvgIpc) is 3.32. The predicted molar refractivity (Wildman–Crippen MR) is 275 cm³/mol. The minimum atomic E-state index is -0.142. The molecule has 0 amide bonds. The molecule has 5 aromatic carbocycles. The van der Waals surface area contributed by atoms with Crippen LogP contribution in [0, 0.1) is 37.0 Å². The summed E-state index contributed by atoms with van der Waals surface area (Å²) in [6.07, 6.45) is 19.9. The first-order chi connectivity index (χ1) is 31.9. The molecule has 4 heteroatoms. The van der Waals surface area contributed by atoms with Gasteiger partial charge >= 0.3 is 0 Å². The number of hydrogen-bond donors (Lipinski definition) is 2. The van der Waals surface area contributed by atoms with Gasteiger partial charge < -0.3 is 19.7 Å². The minimum absolute atomic E-state index is 0.0239. The summed E-state index contributed by atoms with van der Waals surface area (Å²) in [5.74, 6) is 3.15. The molecule has 3 atom stereocenters. The highest BCUT2D eigenvalue weighted by Gasteiger charge is 2.35. The number of allylic oxidation sites excluding steroid dienone is 4. The molecule has 9 rings (SSSR count). The van der Waals surface area contributed by atoms with Crippen molar-refractivity contribution in [1.82, 2.24) is 0 Å². The van der Waals surface area contributed by atoms with Crippen molar-refractivity contribution in [3.8, 4) is 56.4 Å². The highest BCUT2D eigenvalue weighted by molar-refractivity contribution is 5.89. The van der Waals surface area contributed by atoms with Crippen LogP contribution in [0.3, 0.4) is 0 Å². The van der Waals surface area contributed by atoms with Gasteiger partial charge in [-0.05, 0) is 213 Å². The molecule has 1 fully saturated rings. The van der Waals surface area contributed by atoms with E-state index in [9.17, 15) is 10.2 Å². The molecule has 0 aliphatic heterocycles. The molecule has 1 saturated carbocycles. The van der Waals surface area contributed by atoms with E-state index in [0.29, 0.717) is 36.5 Å². The topological polar surface area (TPSA) is 58.9 Å². The molecule has 0 heterocycles. The Kier molecular flexibility index (Phi) is 13.6. The monoisotopic (exact) mass is 883 g/mol. The summed E-state index contributed by atoms with van der Waals surface area (Å²) in [5.41, 5.74) is 19.1. The van der Waals surface area contributed by atoms with E-state index in [1.165, 1.54) is 83.1 Å². The van der Waals surface area contributed by atoms with Crippen LogP contribution in [0.4, 0.5) is 0 Å². The number of aryl methyl sites for hydroxylation is 4. The van der Waals surface area contributed by atoms with E-state index >= 15 is 0 Å². The molecule has 4 nitrogen and oxygen atoms in total. The van der Waals surface area contributed by atoms with E-state index in [1.807, 2.05) is 30.3 Å². The third-order valence-electron chi connectivity index (χ3n) is 15.7. The molecule has 2 N–H and O–H groups in total. The SMILES string of the molecule is CCCC1C(c2cc(C)cc(-c3ccccc3OCC(COc3ccccc3-c3cc(C)cc(-c4c5c(cc6c4CCCC6)CCCC5)c3O)C(C)(C)C)c2O)=C2CCCCC2=CC1CC. The van der Waals surface area contributed by atoms with Crippen LogP contribution >= 0.6 is 0 Å². The van der Waals surface area contributed by atoms with Crippen LogP contribution in [0.1, 0.15) is 144 Å². The van der Waals surface area contributed by atoms with E-state index in [4.69, 9.17) is 9.47 Å².